The van der Waals surface area contributed by atoms with Gasteiger partial charge in [0.2, 0.25) is 5.91 Å². The lowest BCUT2D eigenvalue weighted by Crippen LogP contribution is -2.51. The van der Waals surface area contributed by atoms with Gasteiger partial charge in [-0.25, -0.2) is 4.79 Å². The van der Waals surface area contributed by atoms with E-state index < -0.39 is 10.9 Å². The fraction of sp³-hybridized carbons (Fsp3) is 0.353. The van der Waals surface area contributed by atoms with Crippen LogP contribution in [0.5, 0.6) is 0 Å². The SMILES string of the molecule is CC(=O)N1CCN(C(=O)COC(=O)/C=C/c2ccc([N+](=O)[O-])cc2)CC1. The first-order valence-electron chi connectivity index (χ1n) is 7.99. The Kier molecular flexibility index (Phi) is 6.42. The highest BCUT2D eigenvalue weighted by atomic mass is 16.6. The zero-order chi connectivity index (χ0) is 19.1. The van der Waals surface area contributed by atoms with Crippen LogP contribution in [0.4, 0.5) is 5.69 Å². The lowest BCUT2D eigenvalue weighted by Gasteiger charge is -2.34. The molecule has 0 N–H and O–H groups in total. The topological polar surface area (TPSA) is 110 Å². The van der Waals surface area contributed by atoms with Crippen molar-refractivity contribution in [3.63, 3.8) is 0 Å². The van der Waals surface area contributed by atoms with E-state index in [1.807, 2.05) is 0 Å². The predicted octanol–water partition coefficient (Wildman–Crippen LogP) is 0.842. The number of nitro groups is 1. The Morgan fingerprint density at radius 1 is 1.12 bits per heavy atom. The summed E-state index contributed by atoms with van der Waals surface area (Å²) in [7, 11) is 0. The lowest BCUT2D eigenvalue weighted by atomic mass is 10.2. The molecule has 2 rings (SSSR count). The van der Waals surface area contributed by atoms with Crippen LogP contribution in [0.25, 0.3) is 6.08 Å². The highest BCUT2D eigenvalue weighted by Gasteiger charge is 2.22. The Morgan fingerprint density at radius 3 is 2.23 bits per heavy atom. The number of non-ortho nitro benzene ring substituents is 1. The van der Waals surface area contributed by atoms with E-state index in [1.165, 1.54) is 37.3 Å². The van der Waals surface area contributed by atoms with Crippen molar-refractivity contribution in [2.45, 2.75) is 6.92 Å². The van der Waals surface area contributed by atoms with Crippen LogP contribution in [-0.2, 0) is 19.1 Å². The number of amides is 2. The summed E-state index contributed by atoms with van der Waals surface area (Å²) in [5.41, 5.74) is 0.555. The average molecular weight is 361 g/mol. The summed E-state index contributed by atoms with van der Waals surface area (Å²) in [5, 5.41) is 10.6. The maximum absolute atomic E-state index is 12.0. The van der Waals surface area contributed by atoms with E-state index >= 15 is 0 Å². The maximum atomic E-state index is 12.0. The van der Waals surface area contributed by atoms with Crippen LogP contribution in [0.3, 0.4) is 0 Å². The molecule has 1 aromatic rings. The van der Waals surface area contributed by atoms with Gasteiger partial charge in [-0.05, 0) is 23.8 Å². The van der Waals surface area contributed by atoms with Crippen LogP contribution in [-0.4, -0.2) is 65.3 Å². The summed E-state index contributed by atoms with van der Waals surface area (Å²) in [5.74, 6) is -1.02. The van der Waals surface area contributed by atoms with Crippen molar-refractivity contribution in [2.24, 2.45) is 0 Å². The molecule has 0 spiro atoms. The number of nitro benzene ring substituents is 1. The third-order valence-corrected chi connectivity index (χ3v) is 3.93. The third-order valence-electron chi connectivity index (χ3n) is 3.93. The minimum atomic E-state index is -0.681. The predicted molar refractivity (Wildman–Crippen MR) is 91.9 cm³/mol. The van der Waals surface area contributed by atoms with E-state index in [2.05, 4.69) is 0 Å². The summed E-state index contributed by atoms with van der Waals surface area (Å²) >= 11 is 0. The molecule has 9 heteroatoms. The Bertz CT molecular complexity index is 721. The van der Waals surface area contributed by atoms with Crippen LogP contribution in [0, 0.1) is 10.1 Å². The second-order valence-corrected chi connectivity index (χ2v) is 5.68. The normalized spacial score (nSPS) is 14.3. The summed E-state index contributed by atoms with van der Waals surface area (Å²) in [6.07, 6.45) is 2.60. The fourth-order valence-electron chi connectivity index (χ4n) is 2.41. The van der Waals surface area contributed by atoms with Crippen LogP contribution in [0.15, 0.2) is 30.3 Å². The Balaban J connectivity index is 1.76. The number of carbonyl (C=O) groups excluding carboxylic acids is 3. The minimum Gasteiger partial charge on any atom is -0.452 e. The molecule has 0 aromatic heterocycles. The van der Waals surface area contributed by atoms with Gasteiger partial charge in [-0.1, -0.05) is 0 Å². The molecule has 2 amide bonds. The number of carbonyl (C=O) groups is 3. The molecule has 0 bridgehead atoms. The van der Waals surface area contributed by atoms with Crippen molar-refractivity contribution in [3.05, 3.63) is 46.0 Å². The number of nitrogens with zero attached hydrogens (tertiary/aromatic N) is 3. The van der Waals surface area contributed by atoms with Gasteiger partial charge in [0.1, 0.15) is 0 Å². The van der Waals surface area contributed by atoms with Crippen molar-refractivity contribution in [1.29, 1.82) is 0 Å². The van der Waals surface area contributed by atoms with Gasteiger partial charge >= 0.3 is 5.97 Å². The van der Waals surface area contributed by atoms with Crippen molar-refractivity contribution in [3.8, 4) is 0 Å². The highest BCUT2D eigenvalue weighted by Crippen LogP contribution is 2.12. The minimum absolute atomic E-state index is 0.0279. The molecule has 138 valence electrons. The molecule has 1 heterocycles. The van der Waals surface area contributed by atoms with E-state index in [1.54, 1.807) is 9.80 Å². The van der Waals surface area contributed by atoms with E-state index in [0.717, 1.165) is 6.08 Å². The Labute approximate surface area is 150 Å². The number of hydrogen-bond donors (Lipinski definition) is 0. The second kappa shape index (κ2) is 8.75. The number of benzene rings is 1. The highest BCUT2D eigenvalue weighted by molar-refractivity contribution is 5.89. The van der Waals surface area contributed by atoms with Crippen molar-refractivity contribution in [1.82, 2.24) is 9.80 Å². The third kappa shape index (κ3) is 5.40. The smallest absolute Gasteiger partial charge is 0.331 e. The zero-order valence-corrected chi connectivity index (χ0v) is 14.3. The number of rotatable bonds is 5. The van der Waals surface area contributed by atoms with Crippen LogP contribution in [0.2, 0.25) is 0 Å². The molecule has 0 unspecified atom stereocenters. The largest absolute Gasteiger partial charge is 0.452 e. The number of piperazine rings is 1. The van der Waals surface area contributed by atoms with Crippen molar-refractivity contribution >= 4 is 29.5 Å². The van der Waals surface area contributed by atoms with Gasteiger partial charge in [0.25, 0.3) is 11.6 Å². The van der Waals surface area contributed by atoms with Crippen molar-refractivity contribution < 1.29 is 24.0 Å². The van der Waals surface area contributed by atoms with E-state index in [-0.39, 0.29) is 24.1 Å². The molecular formula is C17H19N3O6. The summed E-state index contributed by atoms with van der Waals surface area (Å²) < 4.78 is 4.91. The Hall–Kier alpha value is -3.23. The van der Waals surface area contributed by atoms with Gasteiger partial charge in [0.15, 0.2) is 6.61 Å². The summed E-state index contributed by atoms with van der Waals surface area (Å²) in [6, 6.07) is 5.66. The average Bonchev–Trinajstić information content (AvgIpc) is 2.64. The molecule has 1 aliphatic heterocycles. The van der Waals surface area contributed by atoms with Crippen molar-refractivity contribution in [2.75, 3.05) is 32.8 Å². The molecule has 9 nitrogen and oxygen atoms in total. The number of ether oxygens (including phenoxy) is 1. The lowest BCUT2D eigenvalue weighted by molar-refractivity contribution is -0.384. The second-order valence-electron chi connectivity index (χ2n) is 5.68. The first kappa shape index (κ1) is 19.1. The number of esters is 1. The van der Waals surface area contributed by atoms with Gasteiger partial charge in [-0.15, -0.1) is 0 Å². The molecule has 0 saturated carbocycles. The molecule has 0 atom stereocenters. The van der Waals surface area contributed by atoms with Gasteiger partial charge in [0, 0.05) is 51.3 Å². The van der Waals surface area contributed by atoms with Crippen LogP contribution in [0.1, 0.15) is 12.5 Å². The molecule has 0 aliphatic carbocycles. The zero-order valence-electron chi connectivity index (χ0n) is 14.3. The van der Waals surface area contributed by atoms with Gasteiger partial charge in [0.05, 0.1) is 4.92 Å². The standard InChI is InChI=1S/C17H19N3O6/c1-13(21)18-8-10-19(11-9-18)16(22)12-26-17(23)7-4-14-2-5-15(6-3-14)20(24)25/h2-7H,8-12H2,1H3/b7-4+. The van der Waals surface area contributed by atoms with E-state index in [4.69, 9.17) is 4.74 Å². The van der Waals surface area contributed by atoms with Crippen LogP contribution < -0.4 is 0 Å². The van der Waals surface area contributed by atoms with E-state index in [0.29, 0.717) is 31.7 Å². The molecule has 1 aliphatic rings. The van der Waals surface area contributed by atoms with E-state index in [9.17, 15) is 24.5 Å². The fourth-order valence-corrected chi connectivity index (χ4v) is 2.41. The summed E-state index contributed by atoms with van der Waals surface area (Å²) in [6.45, 7) is 2.87. The molecule has 26 heavy (non-hydrogen) atoms. The summed E-state index contributed by atoms with van der Waals surface area (Å²) in [4.78, 5) is 48.2. The number of hydrogen-bond acceptors (Lipinski definition) is 6. The Morgan fingerprint density at radius 2 is 1.69 bits per heavy atom. The monoisotopic (exact) mass is 361 g/mol. The molecular weight excluding hydrogens is 342 g/mol. The van der Waals surface area contributed by atoms with Gasteiger partial charge < -0.3 is 14.5 Å². The van der Waals surface area contributed by atoms with Gasteiger partial charge in [-0.3, -0.25) is 19.7 Å². The maximum Gasteiger partial charge on any atom is 0.331 e. The van der Waals surface area contributed by atoms with Crippen LogP contribution >= 0.6 is 0 Å². The molecule has 1 fully saturated rings. The molecule has 1 aromatic carbocycles. The van der Waals surface area contributed by atoms with Gasteiger partial charge in [-0.2, -0.15) is 0 Å². The quantitative estimate of drug-likeness (QED) is 0.333. The first-order valence-corrected chi connectivity index (χ1v) is 7.99. The molecule has 1 saturated heterocycles. The first-order chi connectivity index (χ1) is 12.4. The molecule has 0 radical (unpaired) electrons.